The lowest BCUT2D eigenvalue weighted by molar-refractivity contribution is 0.160. The van der Waals surface area contributed by atoms with E-state index in [1.807, 2.05) is 0 Å². The number of aliphatic hydroxyl groups is 1. The first-order valence-corrected chi connectivity index (χ1v) is 5.21. The van der Waals surface area contributed by atoms with Crippen molar-refractivity contribution in [1.82, 2.24) is 0 Å². The minimum absolute atomic E-state index is 0.405. The van der Waals surface area contributed by atoms with Gasteiger partial charge in [0.05, 0.1) is 0 Å². The molecule has 2 rings (SSSR count). The molecule has 1 N–H and O–H groups in total. The van der Waals surface area contributed by atoms with Crippen LogP contribution in [-0.4, -0.2) is 11.7 Å². The quantitative estimate of drug-likeness (QED) is 0.593. The zero-order valence-electron chi connectivity index (χ0n) is 7.63. The minimum Gasteiger partial charge on any atom is -0.396 e. The van der Waals surface area contributed by atoms with Crippen LogP contribution < -0.4 is 0 Å². The van der Waals surface area contributed by atoms with Gasteiger partial charge in [-0.2, -0.15) is 0 Å². The van der Waals surface area contributed by atoms with Gasteiger partial charge in [-0.3, -0.25) is 0 Å². The maximum Gasteiger partial charge on any atom is 0.0465 e. The van der Waals surface area contributed by atoms with E-state index >= 15 is 0 Å². The molecule has 0 aromatic rings. The molecule has 0 spiro atoms. The SMILES string of the molecule is OC[C@@H]1CCC=C2CCCC[C@@H]21. The number of hydrogen-bond donors (Lipinski definition) is 1. The van der Waals surface area contributed by atoms with Crippen molar-refractivity contribution in [3.8, 4) is 0 Å². The molecule has 1 saturated carbocycles. The predicted molar refractivity (Wildman–Crippen MR) is 49.9 cm³/mol. The van der Waals surface area contributed by atoms with Crippen LogP contribution >= 0.6 is 0 Å². The molecule has 0 aromatic heterocycles. The molecule has 0 bridgehead atoms. The van der Waals surface area contributed by atoms with Gasteiger partial charge in [0.1, 0.15) is 0 Å². The van der Waals surface area contributed by atoms with E-state index in [9.17, 15) is 5.11 Å². The second-order valence-electron chi connectivity index (χ2n) is 4.15. The Bertz CT molecular complexity index is 183. The van der Waals surface area contributed by atoms with Crippen LogP contribution in [-0.2, 0) is 0 Å². The van der Waals surface area contributed by atoms with Crippen molar-refractivity contribution >= 4 is 0 Å². The lowest BCUT2D eigenvalue weighted by atomic mass is 9.71. The summed E-state index contributed by atoms with van der Waals surface area (Å²) in [5, 5.41) is 9.20. The van der Waals surface area contributed by atoms with Crippen molar-refractivity contribution < 1.29 is 5.11 Å². The third-order valence-corrected chi connectivity index (χ3v) is 3.45. The third kappa shape index (κ3) is 1.42. The number of fused-ring (bicyclic) bond motifs is 1. The number of allylic oxidation sites excluding steroid dienone is 2. The first-order valence-electron chi connectivity index (χ1n) is 5.21. The Balaban J connectivity index is 2.10. The highest BCUT2D eigenvalue weighted by molar-refractivity contribution is 5.13. The van der Waals surface area contributed by atoms with Gasteiger partial charge < -0.3 is 5.11 Å². The van der Waals surface area contributed by atoms with Crippen molar-refractivity contribution in [3.05, 3.63) is 11.6 Å². The fourth-order valence-corrected chi connectivity index (χ4v) is 2.76. The molecular formula is C11H18O. The molecule has 0 amide bonds. The average molecular weight is 166 g/mol. The van der Waals surface area contributed by atoms with E-state index in [1.54, 1.807) is 5.57 Å². The van der Waals surface area contributed by atoms with Crippen LogP contribution in [0.2, 0.25) is 0 Å². The lowest BCUT2D eigenvalue weighted by Crippen LogP contribution is -2.25. The summed E-state index contributed by atoms with van der Waals surface area (Å²) in [6.07, 6.45) is 10.2. The summed E-state index contributed by atoms with van der Waals surface area (Å²) in [6, 6.07) is 0. The van der Waals surface area contributed by atoms with E-state index < -0.39 is 0 Å². The van der Waals surface area contributed by atoms with Crippen LogP contribution in [0.15, 0.2) is 11.6 Å². The van der Waals surface area contributed by atoms with E-state index in [0.29, 0.717) is 12.5 Å². The average Bonchev–Trinajstić information content (AvgIpc) is 2.17. The normalized spacial score (nSPS) is 35.6. The largest absolute Gasteiger partial charge is 0.396 e. The summed E-state index contributed by atoms with van der Waals surface area (Å²) >= 11 is 0. The highest BCUT2D eigenvalue weighted by Crippen LogP contribution is 2.39. The summed E-state index contributed by atoms with van der Waals surface area (Å²) in [7, 11) is 0. The molecule has 0 heterocycles. The van der Waals surface area contributed by atoms with Gasteiger partial charge in [0.25, 0.3) is 0 Å². The molecule has 1 heteroatoms. The van der Waals surface area contributed by atoms with Crippen molar-refractivity contribution in [2.24, 2.45) is 11.8 Å². The maximum atomic E-state index is 9.20. The first-order chi connectivity index (χ1) is 5.92. The Labute approximate surface area is 74.5 Å². The lowest BCUT2D eigenvalue weighted by Gasteiger charge is -2.34. The Kier molecular flexibility index (Phi) is 2.50. The summed E-state index contributed by atoms with van der Waals surface area (Å²) in [5.74, 6) is 1.34. The van der Waals surface area contributed by atoms with E-state index in [1.165, 1.54) is 38.5 Å². The van der Waals surface area contributed by atoms with Crippen molar-refractivity contribution in [2.45, 2.75) is 38.5 Å². The monoisotopic (exact) mass is 166 g/mol. The van der Waals surface area contributed by atoms with Crippen molar-refractivity contribution in [3.63, 3.8) is 0 Å². The number of hydrogen-bond acceptors (Lipinski definition) is 1. The van der Waals surface area contributed by atoms with Gasteiger partial charge in [0, 0.05) is 6.61 Å². The van der Waals surface area contributed by atoms with Crippen LogP contribution in [0.5, 0.6) is 0 Å². The summed E-state index contributed by atoms with van der Waals surface area (Å²) in [4.78, 5) is 0. The first kappa shape index (κ1) is 8.31. The van der Waals surface area contributed by atoms with Crippen LogP contribution in [0.4, 0.5) is 0 Å². The van der Waals surface area contributed by atoms with Crippen LogP contribution in [0, 0.1) is 11.8 Å². The molecule has 12 heavy (non-hydrogen) atoms. The molecule has 0 unspecified atom stereocenters. The van der Waals surface area contributed by atoms with Gasteiger partial charge in [-0.05, 0) is 43.9 Å². The van der Waals surface area contributed by atoms with E-state index in [2.05, 4.69) is 6.08 Å². The van der Waals surface area contributed by atoms with E-state index in [0.717, 1.165) is 5.92 Å². The van der Waals surface area contributed by atoms with Gasteiger partial charge in [0.2, 0.25) is 0 Å². The van der Waals surface area contributed by atoms with Gasteiger partial charge in [0.15, 0.2) is 0 Å². The highest BCUT2D eigenvalue weighted by Gasteiger charge is 2.28. The van der Waals surface area contributed by atoms with Gasteiger partial charge in [-0.25, -0.2) is 0 Å². The topological polar surface area (TPSA) is 20.2 Å². The Morgan fingerprint density at radius 3 is 3.08 bits per heavy atom. The Hall–Kier alpha value is -0.300. The van der Waals surface area contributed by atoms with E-state index in [-0.39, 0.29) is 0 Å². The fraction of sp³-hybridized carbons (Fsp3) is 0.818. The van der Waals surface area contributed by atoms with Crippen molar-refractivity contribution in [1.29, 1.82) is 0 Å². The number of rotatable bonds is 1. The van der Waals surface area contributed by atoms with Crippen molar-refractivity contribution in [2.75, 3.05) is 6.61 Å². The Morgan fingerprint density at radius 2 is 2.25 bits per heavy atom. The minimum atomic E-state index is 0.405. The second kappa shape index (κ2) is 3.61. The standard InChI is InChI=1S/C11H18O/c12-8-10-6-3-5-9-4-1-2-7-11(9)10/h5,10-12H,1-4,6-8H2/t10-,11-/m0/s1. The zero-order chi connectivity index (χ0) is 8.39. The second-order valence-corrected chi connectivity index (χ2v) is 4.15. The molecule has 1 nitrogen and oxygen atoms in total. The molecule has 0 saturated heterocycles. The van der Waals surface area contributed by atoms with Gasteiger partial charge in [-0.15, -0.1) is 0 Å². The third-order valence-electron chi connectivity index (χ3n) is 3.45. The summed E-state index contributed by atoms with van der Waals surface area (Å²) < 4.78 is 0. The predicted octanol–water partition coefficient (Wildman–Crippen LogP) is 2.51. The molecular weight excluding hydrogens is 148 g/mol. The van der Waals surface area contributed by atoms with E-state index in [4.69, 9.17) is 0 Å². The molecule has 0 aromatic carbocycles. The molecule has 2 aliphatic carbocycles. The summed E-state index contributed by atoms with van der Waals surface area (Å²) in [6.45, 7) is 0.405. The molecule has 1 fully saturated rings. The van der Waals surface area contributed by atoms with Gasteiger partial charge >= 0.3 is 0 Å². The van der Waals surface area contributed by atoms with Crippen LogP contribution in [0.3, 0.4) is 0 Å². The smallest absolute Gasteiger partial charge is 0.0465 e. The molecule has 2 aliphatic rings. The van der Waals surface area contributed by atoms with Gasteiger partial charge in [-0.1, -0.05) is 18.1 Å². The molecule has 68 valence electrons. The maximum absolute atomic E-state index is 9.20. The number of aliphatic hydroxyl groups excluding tert-OH is 1. The Morgan fingerprint density at radius 1 is 1.33 bits per heavy atom. The zero-order valence-corrected chi connectivity index (χ0v) is 7.63. The summed E-state index contributed by atoms with van der Waals surface area (Å²) in [5.41, 5.74) is 1.66. The van der Waals surface area contributed by atoms with Crippen LogP contribution in [0.25, 0.3) is 0 Å². The molecule has 2 atom stereocenters. The molecule has 0 radical (unpaired) electrons. The van der Waals surface area contributed by atoms with Crippen LogP contribution in [0.1, 0.15) is 38.5 Å². The molecule has 0 aliphatic heterocycles. The fourth-order valence-electron chi connectivity index (χ4n) is 2.76. The highest BCUT2D eigenvalue weighted by atomic mass is 16.3.